The predicted molar refractivity (Wildman–Crippen MR) is 96.4 cm³/mol. The van der Waals surface area contributed by atoms with E-state index in [1.54, 1.807) is 24.5 Å². The smallest absolute Gasteiger partial charge is 0.242 e. The average molecular weight is 356 g/mol. The third kappa shape index (κ3) is 4.22. The van der Waals surface area contributed by atoms with Gasteiger partial charge in [-0.2, -0.15) is 0 Å². The largest absolute Gasteiger partial charge is 0.496 e. The van der Waals surface area contributed by atoms with Gasteiger partial charge in [0.2, 0.25) is 11.8 Å². The van der Waals surface area contributed by atoms with Crippen molar-refractivity contribution in [1.82, 2.24) is 19.8 Å². The first-order chi connectivity index (χ1) is 12.7. The Balaban J connectivity index is 1.55. The Bertz CT molecular complexity index is 745. The second kappa shape index (κ2) is 8.51. The van der Waals surface area contributed by atoms with Crippen molar-refractivity contribution >= 4 is 11.8 Å². The third-order valence-corrected chi connectivity index (χ3v) is 4.62. The van der Waals surface area contributed by atoms with Crippen LogP contribution in [-0.2, 0) is 22.7 Å². The first-order valence-corrected chi connectivity index (χ1v) is 8.84. The van der Waals surface area contributed by atoms with E-state index in [-0.39, 0.29) is 11.8 Å². The van der Waals surface area contributed by atoms with Crippen LogP contribution in [0.25, 0.3) is 0 Å². The van der Waals surface area contributed by atoms with Gasteiger partial charge in [-0.3, -0.25) is 9.59 Å². The Kier molecular flexibility index (Phi) is 5.88. The van der Waals surface area contributed by atoms with Crippen molar-refractivity contribution < 1.29 is 14.3 Å². The highest BCUT2D eigenvalue weighted by Gasteiger charge is 2.36. The molecule has 0 unspecified atom stereocenters. The van der Waals surface area contributed by atoms with Crippen molar-refractivity contribution in [2.45, 2.75) is 38.4 Å². The lowest BCUT2D eigenvalue weighted by atomic mass is 10.1. The Hall–Kier alpha value is -2.83. The lowest BCUT2D eigenvalue weighted by Crippen LogP contribution is -2.44. The summed E-state index contributed by atoms with van der Waals surface area (Å²) in [4.78, 5) is 30.5. The van der Waals surface area contributed by atoms with Gasteiger partial charge < -0.3 is 19.5 Å². The number of hydrogen-bond donors (Lipinski definition) is 1. The zero-order chi connectivity index (χ0) is 18.4. The van der Waals surface area contributed by atoms with Crippen LogP contribution in [0.15, 0.2) is 43.0 Å². The second-order valence-electron chi connectivity index (χ2n) is 6.33. The molecule has 1 saturated heterocycles. The van der Waals surface area contributed by atoms with Crippen LogP contribution in [0.4, 0.5) is 0 Å². The number of carbonyl (C=O) groups is 2. The SMILES string of the molecule is COc1ccccc1CN1C(=O)CC[C@@H]1C(=O)NCCCn1ccnc1. The molecule has 0 saturated carbocycles. The average Bonchev–Trinajstić information content (AvgIpc) is 3.30. The fraction of sp³-hybridized carbons (Fsp3) is 0.421. The fourth-order valence-electron chi connectivity index (χ4n) is 3.23. The first kappa shape index (κ1) is 18.0. The van der Waals surface area contributed by atoms with Crippen molar-refractivity contribution in [1.29, 1.82) is 0 Å². The summed E-state index contributed by atoms with van der Waals surface area (Å²) in [6.07, 6.45) is 7.16. The second-order valence-corrected chi connectivity index (χ2v) is 6.33. The lowest BCUT2D eigenvalue weighted by molar-refractivity contribution is -0.135. The molecule has 0 spiro atoms. The highest BCUT2D eigenvalue weighted by atomic mass is 16.5. The van der Waals surface area contributed by atoms with E-state index >= 15 is 0 Å². The van der Waals surface area contributed by atoms with Gasteiger partial charge in [0.15, 0.2) is 0 Å². The normalized spacial score (nSPS) is 16.7. The summed E-state index contributed by atoms with van der Waals surface area (Å²) in [5.41, 5.74) is 0.906. The number of aryl methyl sites for hydroxylation is 1. The molecule has 7 nitrogen and oxygen atoms in total. The molecule has 3 rings (SSSR count). The van der Waals surface area contributed by atoms with Crippen LogP contribution in [0.5, 0.6) is 5.75 Å². The van der Waals surface area contributed by atoms with Crippen LogP contribution in [-0.4, -0.2) is 46.0 Å². The molecule has 1 N–H and O–H groups in total. The predicted octanol–water partition coefficient (Wildman–Crippen LogP) is 1.59. The van der Waals surface area contributed by atoms with E-state index in [4.69, 9.17) is 4.74 Å². The molecular formula is C19H24N4O3. The van der Waals surface area contributed by atoms with Crippen LogP contribution in [0, 0.1) is 0 Å². The Morgan fingerprint density at radius 2 is 2.23 bits per heavy atom. The number of amides is 2. The summed E-state index contributed by atoms with van der Waals surface area (Å²) >= 11 is 0. The molecule has 1 fully saturated rings. The molecule has 0 radical (unpaired) electrons. The molecule has 0 aliphatic carbocycles. The Labute approximate surface area is 153 Å². The number of rotatable bonds is 8. The number of likely N-dealkylation sites (tertiary alicyclic amines) is 1. The lowest BCUT2D eigenvalue weighted by Gasteiger charge is -2.25. The van der Waals surface area contributed by atoms with E-state index in [9.17, 15) is 9.59 Å². The third-order valence-electron chi connectivity index (χ3n) is 4.62. The summed E-state index contributed by atoms with van der Waals surface area (Å²) in [6.45, 7) is 1.76. The number of methoxy groups -OCH3 is 1. The molecule has 2 amide bonds. The number of aromatic nitrogens is 2. The minimum atomic E-state index is -0.416. The van der Waals surface area contributed by atoms with E-state index in [1.807, 2.05) is 35.0 Å². The molecule has 1 aliphatic rings. The number of benzene rings is 1. The quantitative estimate of drug-likeness (QED) is 0.729. The van der Waals surface area contributed by atoms with E-state index in [1.165, 1.54) is 0 Å². The standard InChI is InChI=1S/C19H24N4O3/c1-26-17-6-3-2-5-15(17)13-23-16(7-8-18(23)24)19(25)21-9-4-11-22-12-10-20-14-22/h2-3,5-6,10,12,14,16H,4,7-9,11,13H2,1H3,(H,21,25)/t16-/m1/s1. The fourth-order valence-corrected chi connectivity index (χ4v) is 3.23. The number of para-hydroxylation sites is 1. The maximum Gasteiger partial charge on any atom is 0.242 e. The van der Waals surface area contributed by atoms with Crippen LogP contribution in [0.1, 0.15) is 24.8 Å². The Morgan fingerprint density at radius 3 is 3.00 bits per heavy atom. The molecule has 1 aromatic heterocycles. The van der Waals surface area contributed by atoms with Gasteiger partial charge in [0, 0.05) is 37.5 Å². The van der Waals surface area contributed by atoms with Crippen molar-refractivity contribution in [3.8, 4) is 5.75 Å². The molecular weight excluding hydrogens is 332 g/mol. The number of imidazole rings is 1. The van der Waals surface area contributed by atoms with Gasteiger partial charge in [-0.1, -0.05) is 18.2 Å². The van der Waals surface area contributed by atoms with Gasteiger partial charge >= 0.3 is 0 Å². The summed E-state index contributed by atoms with van der Waals surface area (Å²) in [5, 5.41) is 2.95. The summed E-state index contributed by atoms with van der Waals surface area (Å²) in [6, 6.07) is 7.16. The maximum absolute atomic E-state index is 12.6. The van der Waals surface area contributed by atoms with E-state index < -0.39 is 6.04 Å². The van der Waals surface area contributed by atoms with Crippen LogP contribution >= 0.6 is 0 Å². The van der Waals surface area contributed by atoms with E-state index in [0.717, 1.165) is 24.3 Å². The number of hydrogen-bond acceptors (Lipinski definition) is 4. The number of ether oxygens (including phenoxy) is 1. The summed E-state index contributed by atoms with van der Waals surface area (Å²) in [7, 11) is 1.61. The van der Waals surface area contributed by atoms with Gasteiger partial charge in [-0.15, -0.1) is 0 Å². The van der Waals surface area contributed by atoms with Crippen molar-refractivity contribution in [3.63, 3.8) is 0 Å². The zero-order valence-electron chi connectivity index (χ0n) is 14.9. The Morgan fingerprint density at radius 1 is 1.38 bits per heavy atom. The van der Waals surface area contributed by atoms with Crippen molar-refractivity contribution in [2.24, 2.45) is 0 Å². The number of nitrogens with zero attached hydrogens (tertiary/aromatic N) is 3. The van der Waals surface area contributed by atoms with Crippen LogP contribution in [0.3, 0.4) is 0 Å². The molecule has 1 aliphatic heterocycles. The zero-order valence-corrected chi connectivity index (χ0v) is 14.9. The van der Waals surface area contributed by atoms with Gasteiger partial charge in [-0.25, -0.2) is 4.98 Å². The molecule has 7 heteroatoms. The van der Waals surface area contributed by atoms with Crippen molar-refractivity contribution in [3.05, 3.63) is 48.5 Å². The maximum atomic E-state index is 12.6. The first-order valence-electron chi connectivity index (χ1n) is 8.84. The van der Waals surface area contributed by atoms with Crippen molar-refractivity contribution in [2.75, 3.05) is 13.7 Å². The van der Waals surface area contributed by atoms with Gasteiger partial charge in [-0.05, 0) is 18.9 Å². The van der Waals surface area contributed by atoms with Gasteiger partial charge in [0.05, 0.1) is 20.0 Å². The highest BCUT2D eigenvalue weighted by Crippen LogP contribution is 2.25. The molecule has 2 heterocycles. The van der Waals surface area contributed by atoms with E-state index in [2.05, 4.69) is 10.3 Å². The van der Waals surface area contributed by atoms with Crippen LogP contribution in [0.2, 0.25) is 0 Å². The van der Waals surface area contributed by atoms with Gasteiger partial charge in [0.1, 0.15) is 11.8 Å². The molecule has 26 heavy (non-hydrogen) atoms. The monoisotopic (exact) mass is 356 g/mol. The minimum Gasteiger partial charge on any atom is -0.496 e. The molecule has 1 atom stereocenters. The molecule has 138 valence electrons. The number of nitrogens with one attached hydrogen (secondary N) is 1. The van der Waals surface area contributed by atoms with E-state index in [0.29, 0.717) is 25.9 Å². The summed E-state index contributed by atoms with van der Waals surface area (Å²) < 4.78 is 7.33. The topological polar surface area (TPSA) is 76.5 Å². The summed E-state index contributed by atoms with van der Waals surface area (Å²) in [5.74, 6) is 0.651. The molecule has 1 aromatic carbocycles. The molecule has 0 bridgehead atoms. The highest BCUT2D eigenvalue weighted by molar-refractivity contribution is 5.90. The minimum absolute atomic E-state index is 0.00877. The van der Waals surface area contributed by atoms with Gasteiger partial charge in [0.25, 0.3) is 0 Å². The van der Waals surface area contributed by atoms with Crippen LogP contribution < -0.4 is 10.1 Å². The molecule has 2 aromatic rings. The number of carbonyl (C=O) groups excluding carboxylic acids is 2.